The van der Waals surface area contributed by atoms with Crippen LogP contribution in [0.4, 0.5) is 0 Å². The van der Waals surface area contributed by atoms with Crippen LogP contribution in [0.3, 0.4) is 0 Å². The summed E-state index contributed by atoms with van der Waals surface area (Å²) < 4.78 is 5.15. The van der Waals surface area contributed by atoms with Crippen molar-refractivity contribution in [2.75, 3.05) is 20.2 Å². The molecule has 0 bridgehead atoms. The van der Waals surface area contributed by atoms with Crippen molar-refractivity contribution in [3.8, 4) is 0 Å². The van der Waals surface area contributed by atoms with Crippen molar-refractivity contribution < 1.29 is 4.74 Å². The van der Waals surface area contributed by atoms with Gasteiger partial charge in [0, 0.05) is 30.2 Å². The second-order valence-electron chi connectivity index (χ2n) is 8.17. The number of benzene rings is 1. The van der Waals surface area contributed by atoms with Gasteiger partial charge in [0.2, 0.25) is 0 Å². The smallest absolute Gasteiger partial charge is 0.0887 e. The Labute approximate surface area is 158 Å². The van der Waals surface area contributed by atoms with Gasteiger partial charge in [-0.15, -0.1) is 0 Å². The lowest BCUT2D eigenvalue weighted by atomic mass is 9.81. The van der Waals surface area contributed by atoms with E-state index in [0.717, 1.165) is 43.1 Å². The lowest BCUT2D eigenvalue weighted by Crippen LogP contribution is -2.21. The van der Waals surface area contributed by atoms with Gasteiger partial charge in [-0.05, 0) is 53.9 Å². The Bertz CT molecular complexity index is 629. The summed E-state index contributed by atoms with van der Waals surface area (Å²) in [4.78, 5) is 2.43. The highest BCUT2D eigenvalue weighted by molar-refractivity contribution is 6.30. The van der Waals surface area contributed by atoms with Crippen molar-refractivity contribution in [1.82, 2.24) is 4.90 Å². The summed E-state index contributed by atoms with van der Waals surface area (Å²) >= 11 is 6.24. The molecule has 0 saturated carbocycles. The zero-order chi connectivity index (χ0) is 18.6. The quantitative estimate of drug-likeness (QED) is 0.556. The molecule has 1 fully saturated rings. The average Bonchev–Trinajstić information content (AvgIpc) is 3.01. The molecular formula is C22H32ClNO. The van der Waals surface area contributed by atoms with E-state index in [2.05, 4.69) is 51.0 Å². The van der Waals surface area contributed by atoms with Crippen LogP contribution in [0, 0.1) is 5.92 Å². The molecule has 1 heterocycles. The van der Waals surface area contributed by atoms with E-state index in [9.17, 15) is 0 Å². The predicted octanol–water partition coefficient (Wildman–Crippen LogP) is 5.96. The van der Waals surface area contributed by atoms with Gasteiger partial charge in [0.1, 0.15) is 0 Å². The highest BCUT2D eigenvalue weighted by Gasteiger charge is 2.26. The molecule has 1 aliphatic heterocycles. The van der Waals surface area contributed by atoms with Crippen LogP contribution in [-0.2, 0) is 16.6 Å². The third-order valence-electron chi connectivity index (χ3n) is 5.10. The predicted molar refractivity (Wildman–Crippen MR) is 108 cm³/mol. The summed E-state index contributed by atoms with van der Waals surface area (Å²) in [5, 5.41) is 0.827. The SMILES string of the molecule is C=C(CCC(=C)N1CCC(Cc2ccc(Cl)cc2C(C)(C)C)C1)OC. The molecule has 1 atom stereocenters. The van der Waals surface area contributed by atoms with Crippen LogP contribution >= 0.6 is 11.6 Å². The summed E-state index contributed by atoms with van der Waals surface area (Å²) in [7, 11) is 1.68. The van der Waals surface area contributed by atoms with E-state index in [-0.39, 0.29) is 5.41 Å². The highest BCUT2D eigenvalue weighted by atomic mass is 35.5. The van der Waals surface area contributed by atoms with E-state index >= 15 is 0 Å². The topological polar surface area (TPSA) is 12.5 Å². The average molecular weight is 362 g/mol. The number of hydrogen-bond acceptors (Lipinski definition) is 2. The highest BCUT2D eigenvalue weighted by Crippen LogP contribution is 2.32. The molecule has 2 rings (SSSR count). The molecule has 0 radical (unpaired) electrons. The molecule has 0 N–H and O–H groups in total. The van der Waals surface area contributed by atoms with Gasteiger partial charge >= 0.3 is 0 Å². The molecule has 0 amide bonds. The number of halogens is 1. The largest absolute Gasteiger partial charge is 0.502 e. The molecule has 1 unspecified atom stereocenters. The van der Waals surface area contributed by atoms with Gasteiger partial charge in [-0.2, -0.15) is 0 Å². The summed E-state index contributed by atoms with van der Waals surface area (Å²) in [5.74, 6) is 1.50. The second kappa shape index (κ2) is 8.31. The second-order valence-corrected chi connectivity index (χ2v) is 8.60. The van der Waals surface area contributed by atoms with Crippen LogP contribution in [0.15, 0.2) is 42.8 Å². The Morgan fingerprint density at radius 3 is 2.64 bits per heavy atom. The number of rotatable bonds is 7. The first-order chi connectivity index (χ1) is 11.7. The van der Waals surface area contributed by atoms with E-state index in [1.807, 2.05) is 6.07 Å². The Balaban J connectivity index is 1.97. The van der Waals surface area contributed by atoms with Crippen LogP contribution in [0.2, 0.25) is 5.02 Å². The van der Waals surface area contributed by atoms with Crippen molar-refractivity contribution in [2.24, 2.45) is 5.92 Å². The number of likely N-dealkylation sites (tertiary alicyclic amines) is 1. The molecule has 0 spiro atoms. The molecule has 25 heavy (non-hydrogen) atoms. The van der Waals surface area contributed by atoms with Crippen LogP contribution < -0.4 is 0 Å². The summed E-state index contributed by atoms with van der Waals surface area (Å²) in [5.41, 5.74) is 4.12. The van der Waals surface area contributed by atoms with Crippen LogP contribution in [0.1, 0.15) is 51.2 Å². The monoisotopic (exact) mass is 361 g/mol. The van der Waals surface area contributed by atoms with Gasteiger partial charge in [-0.3, -0.25) is 0 Å². The standard InChI is InChI=1S/C22H32ClNO/c1-16(7-8-17(2)25-6)24-12-11-18(15-24)13-19-9-10-20(23)14-21(19)22(3,4)5/h9-10,14,18H,1-2,7-8,11-13,15H2,3-6H3. The summed E-state index contributed by atoms with van der Waals surface area (Å²) in [6.07, 6.45) is 4.10. The normalized spacial score (nSPS) is 17.6. The first-order valence-electron chi connectivity index (χ1n) is 9.14. The number of allylic oxidation sites excluding steroid dienone is 2. The number of ether oxygens (including phenoxy) is 1. The van der Waals surface area contributed by atoms with E-state index in [1.165, 1.54) is 23.2 Å². The van der Waals surface area contributed by atoms with E-state index in [4.69, 9.17) is 16.3 Å². The minimum atomic E-state index is 0.114. The van der Waals surface area contributed by atoms with Crippen LogP contribution in [0.5, 0.6) is 0 Å². The number of methoxy groups -OCH3 is 1. The van der Waals surface area contributed by atoms with Crippen molar-refractivity contribution in [3.05, 3.63) is 59.0 Å². The minimum Gasteiger partial charge on any atom is -0.502 e. The van der Waals surface area contributed by atoms with Crippen LogP contribution in [-0.4, -0.2) is 25.1 Å². The molecule has 138 valence electrons. The van der Waals surface area contributed by atoms with E-state index in [0.29, 0.717) is 5.92 Å². The minimum absolute atomic E-state index is 0.114. The zero-order valence-electron chi connectivity index (χ0n) is 16.2. The Morgan fingerprint density at radius 1 is 1.28 bits per heavy atom. The van der Waals surface area contributed by atoms with Gasteiger partial charge < -0.3 is 9.64 Å². The Kier molecular flexibility index (Phi) is 6.62. The lowest BCUT2D eigenvalue weighted by molar-refractivity contribution is 0.275. The fraction of sp³-hybridized carbons (Fsp3) is 0.545. The maximum atomic E-state index is 6.24. The molecule has 1 aliphatic rings. The van der Waals surface area contributed by atoms with Gasteiger partial charge in [0.15, 0.2) is 0 Å². The zero-order valence-corrected chi connectivity index (χ0v) is 17.0. The molecule has 0 aromatic heterocycles. The Morgan fingerprint density at radius 2 is 2.00 bits per heavy atom. The molecule has 1 aromatic rings. The molecule has 0 aliphatic carbocycles. The first-order valence-corrected chi connectivity index (χ1v) is 9.52. The van der Waals surface area contributed by atoms with Gasteiger partial charge in [0.05, 0.1) is 12.9 Å². The van der Waals surface area contributed by atoms with Gasteiger partial charge in [0.25, 0.3) is 0 Å². The van der Waals surface area contributed by atoms with Crippen molar-refractivity contribution in [1.29, 1.82) is 0 Å². The summed E-state index contributed by atoms with van der Waals surface area (Å²) in [6, 6.07) is 6.37. The van der Waals surface area contributed by atoms with E-state index < -0.39 is 0 Å². The van der Waals surface area contributed by atoms with Gasteiger partial charge in [-0.25, -0.2) is 0 Å². The van der Waals surface area contributed by atoms with Crippen molar-refractivity contribution in [3.63, 3.8) is 0 Å². The third kappa shape index (κ3) is 5.54. The molecular weight excluding hydrogens is 330 g/mol. The third-order valence-corrected chi connectivity index (χ3v) is 5.34. The fourth-order valence-corrected chi connectivity index (χ4v) is 3.74. The van der Waals surface area contributed by atoms with Crippen LogP contribution in [0.25, 0.3) is 0 Å². The molecule has 3 heteroatoms. The Hall–Kier alpha value is -1.41. The first kappa shape index (κ1) is 19.9. The maximum Gasteiger partial charge on any atom is 0.0887 e. The number of hydrogen-bond donors (Lipinski definition) is 0. The molecule has 1 saturated heterocycles. The lowest BCUT2D eigenvalue weighted by Gasteiger charge is -2.25. The maximum absolute atomic E-state index is 6.24. The fourth-order valence-electron chi connectivity index (χ4n) is 3.57. The van der Waals surface area contributed by atoms with E-state index in [1.54, 1.807) is 7.11 Å². The van der Waals surface area contributed by atoms with Crippen molar-refractivity contribution >= 4 is 11.6 Å². The number of nitrogens with zero attached hydrogens (tertiary/aromatic N) is 1. The van der Waals surface area contributed by atoms with Crippen molar-refractivity contribution in [2.45, 2.75) is 51.9 Å². The molecule has 2 nitrogen and oxygen atoms in total. The summed E-state index contributed by atoms with van der Waals surface area (Å²) in [6.45, 7) is 17.1. The van der Waals surface area contributed by atoms with Gasteiger partial charge in [-0.1, -0.05) is 51.6 Å². The molecule has 1 aromatic carbocycles.